The summed E-state index contributed by atoms with van der Waals surface area (Å²) in [7, 11) is 0. The Morgan fingerprint density at radius 2 is 1.71 bits per heavy atom. The Hall–Kier alpha value is -2.41. The predicted molar refractivity (Wildman–Crippen MR) is 132 cm³/mol. The zero-order valence-electron chi connectivity index (χ0n) is 18.9. The Bertz CT molecular complexity index is 1140. The number of amides is 2. The molecule has 2 aromatic rings. The molecule has 1 aliphatic carbocycles. The van der Waals surface area contributed by atoms with E-state index in [1.807, 2.05) is 16.8 Å². The second kappa shape index (κ2) is 10.7. The SMILES string of the molecule is O=C(CNC(=O)c1cccc(C(F)(F)F)c1)NC1CN([C@H]2CC[C@@H](n3cc(I)ccc3=O)CC2)C1. The summed E-state index contributed by atoms with van der Waals surface area (Å²) in [5.41, 5.74) is -1.03. The summed E-state index contributed by atoms with van der Waals surface area (Å²) in [5, 5.41) is 5.23. The molecule has 0 bridgehead atoms. The molecule has 0 radical (unpaired) electrons. The van der Waals surface area contributed by atoms with Gasteiger partial charge in [-0.2, -0.15) is 13.2 Å². The molecule has 188 valence electrons. The number of hydrogen-bond donors (Lipinski definition) is 2. The Balaban J connectivity index is 1.17. The highest BCUT2D eigenvalue weighted by Crippen LogP contribution is 2.32. The molecule has 1 aliphatic heterocycles. The Morgan fingerprint density at radius 3 is 2.40 bits per heavy atom. The lowest BCUT2D eigenvalue weighted by Gasteiger charge is -2.46. The van der Waals surface area contributed by atoms with Gasteiger partial charge in [-0.25, -0.2) is 0 Å². The van der Waals surface area contributed by atoms with Crippen molar-refractivity contribution in [2.75, 3.05) is 19.6 Å². The molecule has 2 amide bonds. The maximum absolute atomic E-state index is 12.8. The van der Waals surface area contributed by atoms with Crippen LogP contribution in [0.3, 0.4) is 0 Å². The summed E-state index contributed by atoms with van der Waals surface area (Å²) in [6.07, 6.45) is 1.20. The minimum Gasteiger partial charge on any atom is -0.349 e. The number of rotatable bonds is 6. The van der Waals surface area contributed by atoms with Crippen molar-refractivity contribution in [2.45, 2.75) is 50.0 Å². The van der Waals surface area contributed by atoms with Crippen LogP contribution in [-0.2, 0) is 11.0 Å². The standard InChI is InChI=1S/C24H26F3IN4O3/c25-24(26,27)16-3-1-2-15(10-16)23(35)29-11-21(33)30-18-13-31(14-18)19-5-7-20(8-6-19)32-12-17(28)4-9-22(32)34/h1-4,9-10,12,18-20H,5-8,11,13-14H2,(H,29,35)(H,30,33)/t19-,20+. The van der Waals surface area contributed by atoms with E-state index in [-0.39, 0.29) is 35.7 Å². The molecule has 2 heterocycles. The number of aromatic nitrogens is 1. The van der Waals surface area contributed by atoms with Crippen LogP contribution in [0.2, 0.25) is 0 Å². The van der Waals surface area contributed by atoms with E-state index < -0.39 is 17.6 Å². The van der Waals surface area contributed by atoms with Crippen molar-refractivity contribution < 1.29 is 22.8 Å². The molecule has 1 saturated heterocycles. The number of likely N-dealkylation sites (tertiary alicyclic amines) is 1. The van der Waals surface area contributed by atoms with Gasteiger partial charge in [0.15, 0.2) is 0 Å². The Labute approximate surface area is 214 Å². The molecule has 0 spiro atoms. The van der Waals surface area contributed by atoms with Crippen LogP contribution in [0.1, 0.15) is 47.6 Å². The van der Waals surface area contributed by atoms with Gasteiger partial charge in [0, 0.05) is 46.6 Å². The van der Waals surface area contributed by atoms with Crippen LogP contribution in [0.15, 0.2) is 47.4 Å². The highest BCUT2D eigenvalue weighted by atomic mass is 127. The normalized spacial score (nSPS) is 21.3. The molecule has 4 rings (SSSR count). The van der Waals surface area contributed by atoms with Gasteiger partial charge >= 0.3 is 6.18 Å². The van der Waals surface area contributed by atoms with E-state index in [1.165, 1.54) is 6.07 Å². The predicted octanol–water partition coefficient (Wildman–Crippen LogP) is 3.19. The van der Waals surface area contributed by atoms with E-state index in [4.69, 9.17) is 0 Å². The second-order valence-corrected chi connectivity index (χ2v) is 10.3. The zero-order valence-corrected chi connectivity index (χ0v) is 21.0. The van der Waals surface area contributed by atoms with Crippen LogP contribution in [-0.4, -0.2) is 53.0 Å². The summed E-state index contributed by atoms with van der Waals surface area (Å²) in [6, 6.07) is 8.12. The highest BCUT2D eigenvalue weighted by Gasteiger charge is 2.35. The van der Waals surface area contributed by atoms with Crippen LogP contribution in [0.4, 0.5) is 13.2 Å². The van der Waals surface area contributed by atoms with Crippen LogP contribution in [0, 0.1) is 3.57 Å². The molecular formula is C24H26F3IN4O3. The number of nitrogens with one attached hydrogen (secondary N) is 2. The quantitative estimate of drug-likeness (QED) is 0.498. The lowest BCUT2D eigenvalue weighted by molar-refractivity contribution is -0.137. The van der Waals surface area contributed by atoms with E-state index in [1.54, 1.807) is 6.07 Å². The fourth-order valence-corrected chi connectivity index (χ4v) is 5.22. The van der Waals surface area contributed by atoms with Crippen molar-refractivity contribution in [3.05, 3.63) is 67.6 Å². The van der Waals surface area contributed by atoms with Gasteiger partial charge in [0.1, 0.15) is 0 Å². The average Bonchev–Trinajstić information content (AvgIpc) is 2.81. The number of alkyl halides is 3. The van der Waals surface area contributed by atoms with Crippen molar-refractivity contribution in [3.8, 4) is 0 Å². The first-order chi connectivity index (χ1) is 16.6. The van der Waals surface area contributed by atoms with Crippen LogP contribution in [0.5, 0.6) is 0 Å². The minimum absolute atomic E-state index is 0.0241. The van der Waals surface area contributed by atoms with Crippen molar-refractivity contribution >= 4 is 34.4 Å². The largest absolute Gasteiger partial charge is 0.416 e. The summed E-state index contributed by atoms with van der Waals surface area (Å²) in [5.74, 6) is -1.11. The number of halogens is 4. The van der Waals surface area contributed by atoms with Crippen molar-refractivity contribution in [1.82, 2.24) is 20.1 Å². The minimum atomic E-state index is -4.54. The topological polar surface area (TPSA) is 83.4 Å². The molecule has 2 N–H and O–H groups in total. The Morgan fingerprint density at radius 1 is 1.03 bits per heavy atom. The van der Waals surface area contributed by atoms with Gasteiger partial charge < -0.3 is 15.2 Å². The summed E-state index contributed by atoms with van der Waals surface area (Å²) >= 11 is 2.21. The zero-order chi connectivity index (χ0) is 25.2. The molecule has 11 heteroatoms. The van der Waals surface area contributed by atoms with Crippen molar-refractivity contribution in [2.24, 2.45) is 0 Å². The van der Waals surface area contributed by atoms with Crippen LogP contribution >= 0.6 is 22.6 Å². The van der Waals surface area contributed by atoms with E-state index in [0.717, 1.165) is 47.5 Å². The molecule has 7 nitrogen and oxygen atoms in total. The van der Waals surface area contributed by atoms with E-state index in [2.05, 4.69) is 38.1 Å². The van der Waals surface area contributed by atoms with Gasteiger partial charge in [0.05, 0.1) is 18.2 Å². The van der Waals surface area contributed by atoms with Gasteiger partial charge in [-0.15, -0.1) is 0 Å². The summed E-state index contributed by atoms with van der Waals surface area (Å²) in [6.45, 7) is 1.12. The first-order valence-electron chi connectivity index (χ1n) is 11.5. The number of benzene rings is 1. The van der Waals surface area contributed by atoms with Crippen LogP contribution in [0.25, 0.3) is 0 Å². The third-order valence-electron chi connectivity index (χ3n) is 6.61. The number of pyridine rings is 1. The van der Waals surface area contributed by atoms with Gasteiger partial charge in [-0.3, -0.25) is 19.3 Å². The molecule has 1 saturated carbocycles. The third-order valence-corrected chi connectivity index (χ3v) is 7.25. The number of carbonyl (C=O) groups is 2. The fourth-order valence-electron chi connectivity index (χ4n) is 4.74. The average molecular weight is 602 g/mol. The fraction of sp³-hybridized carbons (Fsp3) is 0.458. The van der Waals surface area contributed by atoms with Gasteiger partial charge in [-0.1, -0.05) is 6.07 Å². The van der Waals surface area contributed by atoms with Gasteiger partial charge in [0.25, 0.3) is 11.5 Å². The van der Waals surface area contributed by atoms with E-state index in [9.17, 15) is 27.6 Å². The first-order valence-corrected chi connectivity index (χ1v) is 12.5. The molecule has 1 aromatic heterocycles. The lowest BCUT2D eigenvalue weighted by Crippen LogP contribution is -2.63. The maximum Gasteiger partial charge on any atom is 0.416 e. The van der Waals surface area contributed by atoms with Gasteiger partial charge in [-0.05, 0) is 72.5 Å². The number of nitrogens with zero attached hydrogens (tertiary/aromatic N) is 2. The highest BCUT2D eigenvalue weighted by molar-refractivity contribution is 14.1. The lowest BCUT2D eigenvalue weighted by atomic mass is 9.88. The Kier molecular flexibility index (Phi) is 7.84. The van der Waals surface area contributed by atoms with E-state index in [0.29, 0.717) is 19.1 Å². The molecule has 2 aliphatic rings. The molecule has 35 heavy (non-hydrogen) atoms. The van der Waals surface area contributed by atoms with Crippen molar-refractivity contribution in [1.29, 1.82) is 0 Å². The van der Waals surface area contributed by atoms with Crippen LogP contribution < -0.4 is 16.2 Å². The summed E-state index contributed by atoms with van der Waals surface area (Å²) in [4.78, 5) is 38.8. The van der Waals surface area contributed by atoms with Gasteiger partial charge in [0.2, 0.25) is 5.91 Å². The maximum atomic E-state index is 12.8. The molecule has 2 fully saturated rings. The monoisotopic (exact) mass is 602 g/mol. The third kappa shape index (κ3) is 6.43. The second-order valence-electron chi connectivity index (χ2n) is 9.03. The molecule has 1 aromatic carbocycles. The summed E-state index contributed by atoms with van der Waals surface area (Å²) < 4.78 is 41.3. The molecule has 0 unspecified atom stereocenters. The smallest absolute Gasteiger partial charge is 0.349 e. The van der Waals surface area contributed by atoms with E-state index >= 15 is 0 Å². The first kappa shape index (κ1) is 25.7. The number of hydrogen-bond acceptors (Lipinski definition) is 4. The number of carbonyl (C=O) groups excluding carboxylic acids is 2. The molecular weight excluding hydrogens is 576 g/mol. The van der Waals surface area contributed by atoms with Crippen molar-refractivity contribution in [3.63, 3.8) is 0 Å². The molecule has 0 atom stereocenters.